The third kappa shape index (κ3) is 4.26. The van der Waals surface area contributed by atoms with Crippen molar-refractivity contribution in [2.75, 3.05) is 6.54 Å². The zero-order valence-electron chi connectivity index (χ0n) is 10.7. The Balaban J connectivity index is 1.92. The van der Waals surface area contributed by atoms with Crippen LogP contribution in [0, 0.1) is 5.82 Å². The van der Waals surface area contributed by atoms with Crippen LogP contribution in [0.25, 0.3) is 0 Å². The predicted octanol–water partition coefficient (Wildman–Crippen LogP) is 2.79. The smallest absolute Gasteiger partial charge is 0.270 e. The fourth-order valence-electron chi connectivity index (χ4n) is 1.66. The molecule has 4 nitrogen and oxygen atoms in total. The van der Waals surface area contributed by atoms with Crippen LogP contribution in [0.1, 0.15) is 15.2 Å². The Morgan fingerprint density at radius 2 is 1.95 bits per heavy atom. The average Bonchev–Trinajstić information content (AvgIpc) is 2.88. The van der Waals surface area contributed by atoms with Gasteiger partial charge in [-0.05, 0) is 30.7 Å². The number of halogens is 2. The lowest BCUT2D eigenvalue weighted by Gasteiger charge is -2.04. The van der Waals surface area contributed by atoms with Gasteiger partial charge in [0.2, 0.25) is 0 Å². The van der Waals surface area contributed by atoms with E-state index < -0.39 is 20.8 Å². The maximum Gasteiger partial charge on any atom is 0.270 e. The first-order chi connectivity index (χ1) is 9.88. The van der Waals surface area contributed by atoms with Crippen molar-refractivity contribution in [3.05, 3.63) is 52.7 Å². The van der Waals surface area contributed by atoms with Gasteiger partial charge in [-0.25, -0.2) is 12.8 Å². The van der Waals surface area contributed by atoms with Gasteiger partial charge in [0.05, 0.1) is 5.56 Å². The van der Waals surface area contributed by atoms with Crippen LogP contribution in [0.5, 0.6) is 0 Å². The van der Waals surface area contributed by atoms with Crippen molar-refractivity contribution in [2.24, 2.45) is 0 Å². The summed E-state index contributed by atoms with van der Waals surface area (Å²) in [6, 6.07) is 8.75. The van der Waals surface area contributed by atoms with Crippen LogP contribution in [0.2, 0.25) is 0 Å². The second-order valence-corrected chi connectivity index (χ2v) is 8.11. The number of carbonyl (C=O) groups is 1. The molecular formula is C13H11ClFNO3S2. The van der Waals surface area contributed by atoms with Crippen LogP contribution in [-0.2, 0) is 15.5 Å². The maximum atomic E-state index is 13.4. The molecule has 1 aromatic carbocycles. The summed E-state index contributed by atoms with van der Waals surface area (Å²) in [6.07, 6.45) is 0.442. The number of benzene rings is 1. The summed E-state index contributed by atoms with van der Waals surface area (Å²) in [5.41, 5.74) is -0.0206. The van der Waals surface area contributed by atoms with Crippen LogP contribution in [0.15, 0.2) is 40.6 Å². The van der Waals surface area contributed by atoms with Crippen molar-refractivity contribution in [1.82, 2.24) is 5.32 Å². The zero-order valence-corrected chi connectivity index (χ0v) is 13.1. The van der Waals surface area contributed by atoms with Gasteiger partial charge in [0.25, 0.3) is 15.0 Å². The zero-order chi connectivity index (χ0) is 15.5. The lowest BCUT2D eigenvalue weighted by Crippen LogP contribution is -2.26. The molecule has 0 saturated carbocycles. The van der Waals surface area contributed by atoms with Crippen LogP contribution in [0.4, 0.5) is 4.39 Å². The van der Waals surface area contributed by atoms with E-state index in [1.165, 1.54) is 24.3 Å². The minimum atomic E-state index is -3.72. The van der Waals surface area contributed by atoms with Gasteiger partial charge < -0.3 is 5.32 Å². The number of rotatable bonds is 5. The Morgan fingerprint density at radius 1 is 1.24 bits per heavy atom. The molecule has 112 valence electrons. The summed E-state index contributed by atoms with van der Waals surface area (Å²) in [6.45, 7) is 0.273. The summed E-state index contributed by atoms with van der Waals surface area (Å²) in [5, 5.41) is 2.58. The molecule has 1 amide bonds. The van der Waals surface area contributed by atoms with Crippen molar-refractivity contribution in [3.63, 3.8) is 0 Å². The normalized spacial score (nSPS) is 11.3. The molecule has 0 atom stereocenters. The highest BCUT2D eigenvalue weighted by Crippen LogP contribution is 2.24. The first-order valence-electron chi connectivity index (χ1n) is 5.94. The average molecular weight is 348 g/mol. The number of hydrogen-bond donors (Lipinski definition) is 1. The monoisotopic (exact) mass is 347 g/mol. The molecule has 0 aliphatic carbocycles. The molecule has 0 radical (unpaired) electrons. The first kappa shape index (κ1) is 15.9. The van der Waals surface area contributed by atoms with Gasteiger partial charge in [0.1, 0.15) is 10.0 Å². The van der Waals surface area contributed by atoms with Crippen molar-refractivity contribution in [3.8, 4) is 0 Å². The molecule has 0 bridgehead atoms. The van der Waals surface area contributed by atoms with E-state index in [2.05, 4.69) is 5.32 Å². The van der Waals surface area contributed by atoms with Gasteiger partial charge in [-0.2, -0.15) is 0 Å². The second kappa shape index (κ2) is 6.55. The molecule has 1 N–H and O–H groups in total. The highest BCUT2D eigenvalue weighted by molar-refractivity contribution is 8.15. The van der Waals surface area contributed by atoms with E-state index in [1.54, 1.807) is 12.1 Å². The lowest BCUT2D eigenvalue weighted by molar-refractivity contribution is 0.0950. The molecule has 1 heterocycles. The van der Waals surface area contributed by atoms with E-state index in [9.17, 15) is 17.6 Å². The minimum Gasteiger partial charge on any atom is -0.352 e. The summed E-state index contributed by atoms with van der Waals surface area (Å²) in [4.78, 5) is 12.5. The predicted molar refractivity (Wildman–Crippen MR) is 79.8 cm³/mol. The molecule has 0 aliphatic heterocycles. The van der Waals surface area contributed by atoms with E-state index in [1.807, 2.05) is 0 Å². The molecule has 0 fully saturated rings. The molecular weight excluding hydrogens is 337 g/mol. The Hall–Kier alpha value is -1.44. The third-order valence-corrected chi connectivity index (χ3v) is 5.89. The second-order valence-electron chi connectivity index (χ2n) is 4.14. The highest BCUT2D eigenvalue weighted by Gasteiger charge is 2.14. The van der Waals surface area contributed by atoms with Crippen LogP contribution >= 0.6 is 22.0 Å². The van der Waals surface area contributed by atoms with Gasteiger partial charge in [-0.15, -0.1) is 11.3 Å². The number of nitrogens with one attached hydrogen (secondary N) is 1. The van der Waals surface area contributed by atoms with E-state index in [4.69, 9.17) is 10.7 Å². The fraction of sp³-hybridized carbons (Fsp3) is 0.154. The molecule has 2 aromatic rings. The Labute approximate surface area is 130 Å². The van der Waals surface area contributed by atoms with Gasteiger partial charge in [-0.1, -0.05) is 12.1 Å². The van der Waals surface area contributed by atoms with Crippen molar-refractivity contribution in [1.29, 1.82) is 0 Å². The standard InChI is InChI=1S/C13H11ClFNO3S2/c14-21(18,19)12-6-5-9(20-12)7-8-16-13(17)10-3-1-2-4-11(10)15/h1-6H,7-8H2,(H,16,17). The van der Waals surface area contributed by atoms with Crippen molar-refractivity contribution < 1.29 is 17.6 Å². The molecule has 21 heavy (non-hydrogen) atoms. The molecule has 0 saturated heterocycles. The Kier molecular flexibility index (Phi) is 4.97. The summed E-state index contributed by atoms with van der Waals surface area (Å²) in [5.74, 6) is -1.09. The summed E-state index contributed by atoms with van der Waals surface area (Å²) in [7, 11) is 1.51. The van der Waals surface area contributed by atoms with E-state index in [-0.39, 0.29) is 16.3 Å². The molecule has 0 unspecified atom stereocenters. The lowest BCUT2D eigenvalue weighted by atomic mass is 10.2. The third-order valence-electron chi connectivity index (χ3n) is 2.65. The number of amides is 1. The van der Waals surface area contributed by atoms with Crippen molar-refractivity contribution in [2.45, 2.75) is 10.6 Å². The highest BCUT2D eigenvalue weighted by atomic mass is 35.7. The maximum absolute atomic E-state index is 13.4. The minimum absolute atomic E-state index is 0.0206. The van der Waals surface area contributed by atoms with Crippen LogP contribution in [-0.4, -0.2) is 20.9 Å². The van der Waals surface area contributed by atoms with Crippen LogP contribution < -0.4 is 5.32 Å². The number of hydrogen-bond acceptors (Lipinski definition) is 4. The number of thiophene rings is 1. The molecule has 1 aromatic heterocycles. The first-order valence-corrected chi connectivity index (χ1v) is 9.06. The molecule has 8 heteroatoms. The van der Waals surface area contributed by atoms with E-state index in [0.29, 0.717) is 6.42 Å². The fourth-order valence-corrected chi connectivity index (χ4v) is 3.79. The number of carbonyl (C=O) groups excluding carboxylic acids is 1. The van der Waals surface area contributed by atoms with Crippen LogP contribution in [0.3, 0.4) is 0 Å². The Bertz CT molecular complexity index is 758. The summed E-state index contributed by atoms with van der Waals surface area (Å²) >= 11 is 1.05. The van der Waals surface area contributed by atoms with Gasteiger partial charge >= 0.3 is 0 Å². The largest absolute Gasteiger partial charge is 0.352 e. The Morgan fingerprint density at radius 3 is 2.57 bits per heavy atom. The van der Waals surface area contributed by atoms with Gasteiger partial charge in [0.15, 0.2) is 0 Å². The molecule has 0 aliphatic rings. The summed E-state index contributed by atoms with van der Waals surface area (Å²) < 4.78 is 35.7. The topological polar surface area (TPSA) is 63.2 Å². The van der Waals surface area contributed by atoms with E-state index >= 15 is 0 Å². The molecule has 0 spiro atoms. The van der Waals surface area contributed by atoms with Gasteiger partial charge in [0, 0.05) is 22.1 Å². The van der Waals surface area contributed by atoms with Crippen molar-refractivity contribution >= 4 is 37.0 Å². The SMILES string of the molecule is O=C(NCCc1ccc(S(=O)(=O)Cl)s1)c1ccccc1F. The van der Waals surface area contributed by atoms with Gasteiger partial charge in [-0.3, -0.25) is 4.79 Å². The van der Waals surface area contributed by atoms with E-state index in [0.717, 1.165) is 16.2 Å². The quantitative estimate of drug-likeness (QED) is 0.846. The molecule has 2 rings (SSSR count).